The van der Waals surface area contributed by atoms with Gasteiger partial charge in [0.1, 0.15) is 25.0 Å². The predicted octanol–water partition coefficient (Wildman–Crippen LogP) is 4.63. The summed E-state index contributed by atoms with van der Waals surface area (Å²) in [6, 6.07) is 26.0. The van der Waals surface area contributed by atoms with Crippen LogP contribution in [0.1, 0.15) is 30.5 Å². The molecule has 172 valence electrons. The molecule has 0 saturated heterocycles. The van der Waals surface area contributed by atoms with Gasteiger partial charge in [-0.3, -0.25) is 4.79 Å². The fourth-order valence-electron chi connectivity index (χ4n) is 3.20. The van der Waals surface area contributed by atoms with Gasteiger partial charge in [0.2, 0.25) is 5.91 Å². The van der Waals surface area contributed by atoms with Crippen molar-refractivity contribution >= 4 is 12.0 Å². The van der Waals surface area contributed by atoms with Gasteiger partial charge in [-0.05, 0) is 42.7 Å². The van der Waals surface area contributed by atoms with Gasteiger partial charge in [-0.25, -0.2) is 4.79 Å². The van der Waals surface area contributed by atoms with Gasteiger partial charge in [0.05, 0.1) is 0 Å². The number of benzene rings is 3. The summed E-state index contributed by atoms with van der Waals surface area (Å²) >= 11 is 0. The van der Waals surface area contributed by atoms with Crippen LogP contribution in [0.3, 0.4) is 0 Å². The number of carbonyl (C=O) groups is 2. The molecular formula is C27H30N2O4. The zero-order valence-electron chi connectivity index (χ0n) is 19.0. The number of ether oxygens (including phenoxy) is 2. The third-order valence-corrected chi connectivity index (χ3v) is 4.86. The summed E-state index contributed by atoms with van der Waals surface area (Å²) in [4.78, 5) is 25.0. The molecule has 33 heavy (non-hydrogen) atoms. The number of hydrogen-bond acceptors (Lipinski definition) is 4. The van der Waals surface area contributed by atoms with Crippen LogP contribution in [-0.2, 0) is 29.2 Å². The van der Waals surface area contributed by atoms with Gasteiger partial charge in [0.25, 0.3) is 0 Å². The van der Waals surface area contributed by atoms with Crippen molar-refractivity contribution in [2.45, 2.75) is 45.6 Å². The van der Waals surface area contributed by atoms with Crippen molar-refractivity contribution in [1.82, 2.24) is 10.6 Å². The van der Waals surface area contributed by atoms with Crippen molar-refractivity contribution in [3.8, 4) is 5.75 Å². The Morgan fingerprint density at radius 2 is 1.30 bits per heavy atom. The maximum absolute atomic E-state index is 12.7. The minimum Gasteiger partial charge on any atom is -0.489 e. The van der Waals surface area contributed by atoms with Crippen LogP contribution < -0.4 is 15.4 Å². The second-order valence-electron chi connectivity index (χ2n) is 8.04. The van der Waals surface area contributed by atoms with Crippen molar-refractivity contribution in [2.75, 3.05) is 0 Å². The molecule has 0 spiro atoms. The smallest absolute Gasteiger partial charge is 0.408 e. The maximum atomic E-state index is 12.7. The van der Waals surface area contributed by atoms with Gasteiger partial charge in [-0.1, -0.05) is 72.8 Å². The average Bonchev–Trinajstić information content (AvgIpc) is 2.83. The molecule has 3 aromatic carbocycles. The molecule has 3 aromatic rings. The van der Waals surface area contributed by atoms with Crippen LogP contribution in [0.15, 0.2) is 84.9 Å². The Morgan fingerprint density at radius 1 is 0.727 bits per heavy atom. The topological polar surface area (TPSA) is 76.7 Å². The van der Waals surface area contributed by atoms with Gasteiger partial charge in [-0.2, -0.15) is 0 Å². The van der Waals surface area contributed by atoms with Gasteiger partial charge >= 0.3 is 6.09 Å². The van der Waals surface area contributed by atoms with E-state index in [1.54, 1.807) is 0 Å². The first-order valence-electron chi connectivity index (χ1n) is 11.0. The molecule has 0 aliphatic rings. The summed E-state index contributed by atoms with van der Waals surface area (Å²) in [5.41, 5.74) is 2.86. The van der Waals surface area contributed by atoms with E-state index in [4.69, 9.17) is 9.47 Å². The quantitative estimate of drug-likeness (QED) is 0.476. The van der Waals surface area contributed by atoms with E-state index >= 15 is 0 Å². The lowest BCUT2D eigenvalue weighted by Gasteiger charge is -2.20. The number of hydrogen-bond donors (Lipinski definition) is 2. The number of amides is 2. The molecule has 0 fully saturated rings. The molecule has 2 amide bonds. The first-order valence-corrected chi connectivity index (χ1v) is 11.0. The van der Waals surface area contributed by atoms with E-state index < -0.39 is 12.1 Å². The molecule has 0 heterocycles. The Balaban J connectivity index is 1.58. The zero-order valence-corrected chi connectivity index (χ0v) is 19.0. The molecule has 1 atom stereocenters. The maximum Gasteiger partial charge on any atom is 0.408 e. The lowest BCUT2D eigenvalue weighted by atomic mass is 10.0. The molecule has 0 unspecified atom stereocenters. The standard InChI is InChI=1S/C27H30N2O4/c1-20(2)28-26(30)25(29-27(31)33-19-23-11-7-4-8-12-23)17-21-13-15-24(16-14-21)32-18-22-9-5-3-6-10-22/h3-16,20,25H,17-19H2,1-2H3,(H,28,30)(H,29,31)/t25-/m1/s1. The molecule has 0 aliphatic carbocycles. The molecule has 2 N–H and O–H groups in total. The number of rotatable bonds is 10. The van der Waals surface area contributed by atoms with E-state index in [1.807, 2.05) is 98.8 Å². The largest absolute Gasteiger partial charge is 0.489 e. The van der Waals surface area contributed by atoms with E-state index in [0.29, 0.717) is 13.0 Å². The minimum atomic E-state index is -0.758. The normalized spacial score (nSPS) is 11.5. The van der Waals surface area contributed by atoms with E-state index in [9.17, 15) is 9.59 Å². The molecule has 0 aliphatic heterocycles. The number of nitrogens with one attached hydrogen (secondary N) is 2. The van der Waals surface area contributed by atoms with Crippen LogP contribution in [0.5, 0.6) is 5.75 Å². The lowest BCUT2D eigenvalue weighted by Crippen LogP contribution is -2.49. The van der Waals surface area contributed by atoms with Crippen LogP contribution in [0.4, 0.5) is 4.79 Å². The molecule has 0 radical (unpaired) electrons. The third-order valence-electron chi connectivity index (χ3n) is 4.86. The van der Waals surface area contributed by atoms with Crippen molar-refractivity contribution < 1.29 is 19.1 Å². The van der Waals surface area contributed by atoms with Crippen LogP contribution in [0.25, 0.3) is 0 Å². The second-order valence-corrected chi connectivity index (χ2v) is 8.04. The summed E-state index contributed by atoms with van der Waals surface area (Å²) < 4.78 is 11.1. The highest BCUT2D eigenvalue weighted by molar-refractivity contribution is 5.86. The average molecular weight is 447 g/mol. The summed E-state index contributed by atoms with van der Waals surface area (Å²) in [6.07, 6.45) is -0.302. The van der Waals surface area contributed by atoms with Crippen LogP contribution in [0.2, 0.25) is 0 Å². The fourth-order valence-corrected chi connectivity index (χ4v) is 3.20. The predicted molar refractivity (Wildman–Crippen MR) is 128 cm³/mol. The fraction of sp³-hybridized carbons (Fsp3) is 0.259. The van der Waals surface area contributed by atoms with Crippen molar-refractivity contribution in [1.29, 1.82) is 0 Å². The van der Waals surface area contributed by atoms with Crippen molar-refractivity contribution in [2.24, 2.45) is 0 Å². The van der Waals surface area contributed by atoms with Crippen LogP contribution in [-0.4, -0.2) is 24.1 Å². The zero-order chi connectivity index (χ0) is 23.5. The Bertz CT molecular complexity index is 1010. The van der Waals surface area contributed by atoms with E-state index in [1.165, 1.54) is 0 Å². The highest BCUT2D eigenvalue weighted by atomic mass is 16.5. The summed E-state index contributed by atoms with van der Waals surface area (Å²) in [6.45, 7) is 4.37. The second kappa shape index (κ2) is 12.3. The first kappa shape index (κ1) is 23.9. The van der Waals surface area contributed by atoms with Crippen molar-refractivity contribution in [3.05, 3.63) is 102 Å². The molecule has 3 rings (SSSR count). The molecular weight excluding hydrogens is 416 g/mol. The van der Waals surface area contributed by atoms with Gasteiger partial charge in [0, 0.05) is 12.5 Å². The van der Waals surface area contributed by atoms with Crippen molar-refractivity contribution in [3.63, 3.8) is 0 Å². The molecule has 0 aromatic heterocycles. The Labute approximate surface area is 194 Å². The van der Waals surface area contributed by atoms with Gasteiger partial charge in [0.15, 0.2) is 0 Å². The number of carbonyl (C=O) groups excluding carboxylic acids is 2. The van der Waals surface area contributed by atoms with E-state index in [2.05, 4.69) is 10.6 Å². The highest BCUT2D eigenvalue weighted by Crippen LogP contribution is 2.16. The SMILES string of the molecule is CC(C)NC(=O)[C@@H](Cc1ccc(OCc2ccccc2)cc1)NC(=O)OCc1ccccc1. The molecule has 0 bridgehead atoms. The minimum absolute atomic E-state index is 0.0455. The molecule has 0 saturated carbocycles. The molecule has 6 heteroatoms. The first-order chi connectivity index (χ1) is 16.0. The third kappa shape index (κ3) is 8.33. The summed E-state index contributed by atoms with van der Waals surface area (Å²) in [7, 11) is 0. The van der Waals surface area contributed by atoms with Crippen LogP contribution >= 0.6 is 0 Å². The Hall–Kier alpha value is -3.80. The lowest BCUT2D eigenvalue weighted by molar-refractivity contribution is -0.123. The van der Waals surface area contributed by atoms with Crippen LogP contribution in [0, 0.1) is 0 Å². The number of alkyl carbamates (subject to hydrolysis) is 1. The summed E-state index contributed by atoms with van der Waals surface area (Å²) in [5, 5.41) is 5.56. The van der Waals surface area contributed by atoms with E-state index in [0.717, 1.165) is 22.4 Å². The van der Waals surface area contributed by atoms with Gasteiger partial charge < -0.3 is 20.1 Å². The summed E-state index contributed by atoms with van der Waals surface area (Å²) in [5.74, 6) is 0.479. The monoisotopic (exact) mass is 446 g/mol. The molecule has 6 nitrogen and oxygen atoms in total. The Kier molecular flexibility index (Phi) is 8.88. The van der Waals surface area contributed by atoms with E-state index in [-0.39, 0.29) is 18.6 Å². The Morgan fingerprint density at radius 3 is 1.88 bits per heavy atom. The van der Waals surface area contributed by atoms with Gasteiger partial charge in [-0.15, -0.1) is 0 Å². The highest BCUT2D eigenvalue weighted by Gasteiger charge is 2.22.